The molecule has 0 spiro atoms. The summed E-state index contributed by atoms with van der Waals surface area (Å²) < 4.78 is 0. The van der Waals surface area contributed by atoms with Crippen LogP contribution in [-0.2, 0) is 33.6 Å². The van der Waals surface area contributed by atoms with Crippen molar-refractivity contribution in [1.82, 2.24) is 20.3 Å². The molecule has 3 aromatic rings. The second-order valence-electron chi connectivity index (χ2n) is 11.8. The molecule has 1 unspecified atom stereocenters. The third-order valence-electron chi connectivity index (χ3n) is 8.96. The Hall–Kier alpha value is -4.86. The van der Waals surface area contributed by atoms with Gasteiger partial charge in [0.1, 0.15) is 0 Å². The molecule has 0 radical (unpaired) electrons. The van der Waals surface area contributed by atoms with Gasteiger partial charge in [-0.25, -0.2) is 0 Å². The summed E-state index contributed by atoms with van der Waals surface area (Å²) in [5, 5.41) is 23.9. The highest BCUT2D eigenvalue weighted by Crippen LogP contribution is 2.32. The molecule has 6 N–H and O–H groups in total. The van der Waals surface area contributed by atoms with Gasteiger partial charge in [0.2, 0.25) is 0 Å². The number of aromatic amines is 3. The number of allylic oxidation sites excluding steroid dienone is 1. The normalized spacial score (nSPS) is 18.5. The molecule has 5 rings (SSSR count). The number of fused-ring (bicyclic) bond motifs is 8. The van der Waals surface area contributed by atoms with E-state index in [4.69, 9.17) is 0 Å². The molecule has 230 valence electrons. The number of Topliss-reactive ketones (excluding diaryl/α,β-unsaturated/α-hetero) is 2. The first-order chi connectivity index (χ1) is 20.8. The molecule has 0 aromatic carbocycles. The lowest BCUT2D eigenvalue weighted by Crippen LogP contribution is -2.26. The van der Waals surface area contributed by atoms with E-state index in [1.807, 2.05) is 45.9 Å². The molecule has 10 nitrogen and oxygen atoms in total. The zero-order valence-corrected chi connectivity index (χ0v) is 25.9. The van der Waals surface area contributed by atoms with Gasteiger partial charge in [0.25, 0.3) is 0 Å². The Labute approximate surface area is 254 Å². The monoisotopic (exact) mass is 598 g/mol. The first kappa shape index (κ1) is 30.6. The number of aromatic nitrogens is 3. The summed E-state index contributed by atoms with van der Waals surface area (Å²) in [5.74, 6) is -1.98. The first-order valence-corrected chi connectivity index (χ1v) is 14.7. The van der Waals surface area contributed by atoms with Crippen molar-refractivity contribution in [3.05, 3.63) is 83.7 Å². The number of carbonyl (C=O) groups is 4. The number of rotatable bonds is 8. The van der Waals surface area contributed by atoms with Gasteiger partial charge < -0.3 is 30.5 Å². The maximum absolute atomic E-state index is 12.9. The average molecular weight is 599 g/mol. The predicted molar refractivity (Wildman–Crippen MR) is 167 cm³/mol. The highest BCUT2D eigenvalue weighted by atomic mass is 16.4. The van der Waals surface area contributed by atoms with E-state index in [1.165, 1.54) is 6.92 Å². The third-order valence-corrected chi connectivity index (χ3v) is 8.96. The minimum absolute atomic E-state index is 0.0439. The van der Waals surface area contributed by atoms with E-state index in [0.29, 0.717) is 47.5 Å². The molecular weight excluding hydrogens is 560 g/mol. The number of H-pyrrole nitrogens is 3. The number of ketones is 2. The van der Waals surface area contributed by atoms with Crippen molar-refractivity contribution in [2.45, 2.75) is 79.7 Å². The smallest absolute Gasteiger partial charge is 0.303 e. The first-order valence-electron chi connectivity index (χ1n) is 14.7. The van der Waals surface area contributed by atoms with Crippen molar-refractivity contribution in [2.75, 3.05) is 0 Å². The number of aliphatic carboxylic acids is 2. The van der Waals surface area contributed by atoms with E-state index < -0.39 is 11.9 Å². The summed E-state index contributed by atoms with van der Waals surface area (Å²) in [6, 6.07) is -0.190. The topological polar surface area (TPSA) is 168 Å². The van der Waals surface area contributed by atoms with E-state index >= 15 is 0 Å². The number of hydrogen-bond acceptors (Lipinski definition) is 5. The van der Waals surface area contributed by atoms with Gasteiger partial charge in [-0.15, -0.1) is 0 Å². The largest absolute Gasteiger partial charge is 0.481 e. The highest BCUT2D eigenvalue weighted by Gasteiger charge is 2.31. The second-order valence-corrected chi connectivity index (χ2v) is 11.8. The van der Waals surface area contributed by atoms with Gasteiger partial charge in [-0.1, -0.05) is 0 Å². The van der Waals surface area contributed by atoms with Crippen LogP contribution in [-0.4, -0.2) is 54.7 Å². The highest BCUT2D eigenvalue weighted by molar-refractivity contribution is 6.02. The van der Waals surface area contributed by atoms with E-state index in [0.717, 1.165) is 55.5 Å². The molecule has 5 heterocycles. The number of carbonyl (C=O) groups excluding carboxylic acids is 2. The fourth-order valence-electron chi connectivity index (χ4n) is 6.62. The van der Waals surface area contributed by atoms with Crippen molar-refractivity contribution < 1.29 is 29.4 Å². The Bertz CT molecular complexity index is 1930. The Morgan fingerprint density at radius 2 is 1.36 bits per heavy atom. The van der Waals surface area contributed by atoms with Crippen LogP contribution in [0.1, 0.15) is 94.6 Å². The van der Waals surface area contributed by atoms with E-state index in [9.17, 15) is 29.4 Å². The van der Waals surface area contributed by atoms with Gasteiger partial charge in [-0.3, -0.25) is 19.2 Å². The minimum atomic E-state index is -0.909. The fraction of sp³-hybridized carbons (Fsp3) is 0.353. The van der Waals surface area contributed by atoms with Crippen LogP contribution >= 0.6 is 0 Å². The van der Waals surface area contributed by atoms with Crippen LogP contribution < -0.4 is 16.0 Å². The molecule has 2 aliphatic heterocycles. The Kier molecular flexibility index (Phi) is 8.11. The Morgan fingerprint density at radius 1 is 0.727 bits per heavy atom. The zero-order valence-electron chi connectivity index (χ0n) is 25.9. The van der Waals surface area contributed by atoms with Crippen LogP contribution in [0.3, 0.4) is 0 Å². The molecule has 0 aliphatic carbocycles. The lowest BCUT2D eigenvalue weighted by atomic mass is 9.97. The van der Waals surface area contributed by atoms with Gasteiger partial charge in [0.15, 0.2) is 11.6 Å². The standard InChI is InChI=1S/C34H38N4O6/c1-15-21(7-9-31(41)42)27-14-28-22(8-10-32(43)44)16(2)24(36-28)12-29-34(20(6)40)18(4)26(38-29)13-30-33(19(5)39)17(3)25(37-30)11-23(15)35-27/h12-14,25,35-38H,7-11H2,1-6H3,(H,41,42)(H,43,44)/b24-12-,28-14-,30-13-. The third kappa shape index (κ3) is 5.59. The van der Waals surface area contributed by atoms with Gasteiger partial charge in [-0.2, -0.15) is 0 Å². The Morgan fingerprint density at radius 3 is 1.98 bits per heavy atom. The summed E-state index contributed by atoms with van der Waals surface area (Å²) in [6.07, 6.45) is 6.71. The maximum atomic E-state index is 12.9. The molecule has 10 heteroatoms. The fourth-order valence-corrected chi connectivity index (χ4v) is 6.62. The van der Waals surface area contributed by atoms with Crippen LogP contribution in [0.2, 0.25) is 0 Å². The van der Waals surface area contributed by atoms with Crippen molar-refractivity contribution >= 4 is 41.7 Å². The van der Waals surface area contributed by atoms with Crippen LogP contribution in [0.25, 0.3) is 18.2 Å². The summed E-state index contributed by atoms with van der Waals surface area (Å²) in [6.45, 7) is 10.8. The van der Waals surface area contributed by atoms with Gasteiger partial charge in [0.05, 0.1) is 11.7 Å². The molecule has 2 aliphatic rings. The lowest BCUT2D eigenvalue weighted by molar-refractivity contribution is -0.138. The van der Waals surface area contributed by atoms with Gasteiger partial charge in [0, 0.05) is 63.9 Å². The summed E-state index contributed by atoms with van der Waals surface area (Å²) in [5.41, 5.74) is 10.00. The molecule has 3 aromatic heterocycles. The Balaban J connectivity index is 1.85. The quantitative estimate of drug-likeness (QED) is 0.216. The summed E-state index contributed by atoms with van der Waals surface area (Å²) in [4.78, 5) is 59.3. The molecule has 0 fully saturated rings. The van der Waals surface area contributed by atoms with Crippen LogP contribution in [0, 0.1) is 20.8 Å². The van der Waals surface area contributed by atoms with E-state index in [2.05, 4.69) is 20.3 Å². The van der Waals surface area contributed by atoms with Crippen LogP contribution in [0.4, 0.5) is 0 Å². The maximum Gasteiger partial charge on any atom is 0.303 e. The number of hydrogen-bond donors (Lipinski definition) is 6. The zero-order chi connectivity index (χ0) is 32.0. The van der Waals surface area contributed by atoms with Crippen molar-refractivity contribution in [1.29, 1.82) is 0 Å². The average Bonchev–Trinajstić information content (AvgIpc) is 3.59. The SMILES string of the molecule is CC(=O)C1=C(C)C2Cc3[nH]c(c(CCC(=O)O)c3C)/C=c3\[nH]/c(c(C)c3CCC(=O)O)=C\c3[nH]c(c(C)c3C(C)=O)/C=C/1N2. The van der Waals surface area contributed by atoms with Gasteiger partial charge >= 0.3 is 11.9 Å². The molecular formula is C34H38N4O6. The molecule has 0 amide bonds. The molecule has 44 heavy (non-hydrogen) atoms. The number of nitrogens with one attached hydrogen (secondary N) is 4. The van der Waals surface area contributed by atoms with Crippen LogP contribution in [0.5, 0.6) is 0 Å². The van der Waals surface area contributed by atoms with Crippen molar-refractivity contribution in [3.8, 4) is 0 Å². The van der Waals surface area contributed by atoms with Crippen molar-refractivity contribution in [2.24, 2.45) is 0 Å². The molecule has 0 saturated carbocycles. The number of carboxylic acids is 2. The summed E-state index contributed by atoms with van der Waals surface area (Å²) in [7, 11) is 0. The van der Waals surface area contributed by atoms with Crippen LogP contribution in [0.15, 0.2) is 16.8 Å². The predicted octanol–water partition coefficient (Wildman–Crippen LogP) is 3.27. The summed E-state index contributed by atoms with van der Waals surface area (Å²) >= 11 is 0. The molecule has 1 atom stereocenters. The van der Waals surface area contributed by atoms with E-state index in [1.54, 1.807) is 6.92 Å². The molecule has 8 bridgehead atoms. The number of carboxylic acid groups (broad SMARTS) is 2. The lowest BCUT2D eigenvalue weighted by Gasteiger charge is -2.14. The second kappa shape index (κ2) is 11.7. The van der Waals surface area contributed by atoms with Gasteiger partial charge in [-0.05, 0) is 106 Å². The minimum Gasteiger partial charge on any atom is -0.481 e. The van der Waals surface area contributed by atoms with Crippen molar-refractivity contribution in [3.63, 3.8) is 0 Å². The van der Waals surface area contributed by atoms with E-state index in [-0.39, 0.29) is 30.4 Å². The molecule has 0 saturated heterocycles.